The molecule has 2 N–H and O–H groups in total. The van der Waals surface area contributed by atoms with Crippen molar-refractivity contribution in [2.24, 2.45) is 0 Å². The first-order chi connectivity index (χ1) is 6.72. The van der Waals surface area contributed by atoms with Crippen molar-refractivity contribution in [2.75, 3.05) is 17.6 Å². The van der Waals surface area contributed by atoms with Crippen molar-refractivity contribution in [3.8, 4) is 0 Å². The van der Waals surface area contributed by atoms with Crippen LogP contribution >= 0.6 is 23.1 Å². The van der Waals surface area contributed by atoms with Crippen molar-refractivity contribution in [1.29, 1.82) is 0 Å². The second kappa shape index (κ2) is 5.82. The molecule has 0 aliphatic heterocycles. The molecule has 1 aromatic heterocycles. The summed E-state index contributed by atoms with van der Waals surface area (Å²) in [6.07, 6.45) is 1.02. The lowest BCUT2D eigenvalue weighted by Crippen LogP contribution is -1.98. The van der Waals surface area contributed by atoms with Crippen LogP contribution in [0.25, 0.3) is 0 Å². The van der Waals surface area contributed by atoms with Gasteiger partial charge in [-0.25, -0.2) is 0 Å². The second-order valence-corrected chi connectivity index (χ2v) is 4.68. The molecule has 78 valence electrons. The average molecular weight is 233 g/mol. The minimum absolute atomic E-state index is 0.0302. The highest BCUT2D eigenvalue weighted by Crippen LogP contribution is 2.24. The molecule has 1 rings (SSSR count). The number of rotatable bonds is 6. The maximum Gasteiger partial charge on any atom is 0.313 e. The molecule has 0 amide bonds. The number of carboxylic acid groups (broad SMARTS) is 1. The number of hydrogen-bond donors (Lipinski definition) is 2. The normalized spacial score (nSPS) is 10.1. The van der Waals surface area contributed by atoms with Gasteiger partial charge in [-0.2, -0.15) is 0 Å². The van der Waals surface area contributed by atoms with Crippen LogP contribution in [0.3, 0.4) is 0 Å². The summed E-state index contributed by atoms with van der Waals surface area (Å²) in [5.41, 5.74) is 0. The fourth-order valence-corrected chi connectivity index (χ4v) is 2.19. The number of aromatic nitrogens is 2. The molecule has 0 unspecified atom stereocenters. The highest BCUT2D eigenvalue weighted by molar-refractivity contribution is 8.01. The van der Waals surface area contributed by atoms with Crippen molar-refractivity contribution >= 4 is 34.2 Å². The van der Waals surface area contributed by atoms with Crippen LogP contribution in [0, 0.1) is 0 Å². The number of nitrogens with one attached hydrogen (secondary N) is 1. The van der Waals surface area contributed by atoms with Gasteiger partial charge < -0.3 is 10.4 Å². The molecule has 0 spiro atoms. The summed E-state index contributed by atoms with van der Waals surface area (Å²) in [6, 6.07) is 0. The SMILES string of the molecule is CCCNc1nnc(SCC(=O)O)s1. The summed E-state index contributed by atoms with van der Waals surface area (Å²) in [5, 5.41) is 20.0. The van der Waals surface area contributed by atoms with E-state index in [9.17, 15) is 4.79 Å². The molecule has 7 heteroatoms. The number of nitrogens with zero attached hydrogens (tertiary/aromatic N) is 2. The maximum absolute atomic E-state index is 10.3. The minimum Gasteiger partial charge on any atom is -0.481 e. The fraction of sp³-hybridized carbons (Fsp3) is 0.571. The molecule has 0 saturated carbocycles. The third kappa shape index (κ3) is 3.93. The Kier molecular flexibility index (Phi) is 4.68. The number of anilines is 1. The summed E-state index contributed by atoms with van der Waals surface area (Å²) in [7, 11) is 0. The van der Waals surface area contributed by atoms with Crippen molar-refractivity contribution in [3.05, 3.63) is 0 Å². The topological polar surface area (TPSA) is 75.1 Å². The van der Waals surface area contributed by atoms with Crippen molar-refractivity contribution < 1.29 is 9.90 Å². The van der Waals surface area contributed by atoms with E-state index >= 15 is 0 Å². The first kappa shape index (κ1) is 11.3. The Morgan fingerprint density at radius 1 is 1.64 bits per heavy atom. The summed E-state index contributed by atoms with van der Waals surface area (Å²) in [6.45, 7) is 2.92. The summed E-state index contributed by atoms with van der Waals surface area (Å²) >= 11 is 2.57. The first-order valence-corrected chi connectivity index (χ1v) is 5.94. The van der Waals surface area contributed by atoms with Crippen LogP contribution in [0.4, 0.5) is 5.13 Å². The minimum atomic E-state index is -0.840. The van der Waals surface area contributed by atoms with Crippen LogP contribution in [-0.4, -0.2) is 33.6 Å². The van der Waals surface area contributed by atoms with Crippen LogP contribution in [-0.2, 0) is 4.79 Å². The Labute approximate surface area is 89.9 Å². The lowest BCUT2D eigenvalue weighted by Gasteiger charge is -1.95. The van der Waals surface area contributed by atoms with E-state index in [0.29, 0.717) is 4.34 Å². The predicted octanol–water partition coefficient (Wildman–Crippen LogP) is 1.54. The van der Waals surface area contributed by atoms with Gasteiger partial charge in [0.25, 0.3) is 0 Å². The van der Waals surface area contributed by atoms with E-state index in [1.54, 1.807) is 0 Å². The van der Waals surface area contributed by atoms with Gasteiger partial charge in [-0.05, 0) is 6.42 Å². The smallest absolute Gasteiger partial charge is 0.313 e. The number of hydrogen-bond acceptors (Lipinski definition) is 6. The van der Waals surface area contributed by atoms with Crippen LogP contribution < -0.4 is 5.32 Å². The first-order valence-electron chi connectivity index (χ1n) is 4.14. The van der Waals surface area contributed by atoms with Crippen LogP contribution in [0.15, 0.2) is 4.34 Å². The second-order valence-electron chi connectivity index (χ2n) is 2.48. The Morgan fingerprint density at radius 2 is 2.43 bits per heavy atom. The van der Waals surface area contributed by atoms with Crippen molar-refractivity contribution in [2.45, 2.75) is 17.7 Å². The fourth-order valence-electron chi connectivity index (χ4n) is 0.695. The lowest BCUT2D eigenvalue weighted by molar-refractivity contribution is -0.133. The standard InChI is InChI=1S/C7H11N3O2S2/c1-2-3-8-6-9-10-7(14-6)13-4-5(11)12/h2-4H2,1H3,(H,8,9)(H,11,12). The quantitative estimate of drug-likeness (QED) is 0.726. The molecular formula is C7H11N3O2S2. The number of carbonyl (C=O) groups is 1. The van der Waals surface area contributed by atoms with Gasteiger partial charge in [0.05, 0.1) is 5.75 Å². The Balaban J connectivity index is 2.38. The van der Waals surface area contributed by atoms with Gasteiger partial charge >= 0.3 is 5.97 Å². The predicted molar refractivity (Wildman–Crippen MR) is 57.0 cm³/mol. The number of carboxylic acids is 1. The van der Waals surface area contributed by atoms with E-state index in [4.69, 9.17) is 5.11 Å². The molecule has 14 heavy (non-hydrogen) atoms. The third-order valence-electron chi connectivity index (χ3n) is 1.25. The van der Waals surface area contributed by atoms with E-state index in [1.807, 2.05) is 0 Å². The molecule has 1 aromatic rings. The zero-order valence-corrected chi connectivity index (χ0v) is 9.32. The molecule has 1 heterocycles. The molecule has 5 nitrogen and oxygen atoms in total. The number of aliphatic carboxylic acids is 1. The molecule has 0 aromatic carbocycles. The Hall–Kier alpha value is -0.820. The van der Waals surface area contributed by atoms with Gasteiger partial charge in [-0.15, -0.1) is 10.2 Å². The maximum atomic E-state index is 10.3. The van der Waals surface area contributed by atoms with Crippen molar-refractivity contribution in [1.82, 2.24) is 10.2 Å². The van der Waals surface area contributed by atoms with Crippen LogP contribution in [0.2, 0.25) is 0 Å². The van der Waals surface area contributed by atoms with E-state index in [-0.39, 0.29) is 5.75 Å². The molecule has 0 bridgehead atoms. The molecule has 0 aliphatic carbocycles. The third-order valence-corrected chi connectivity index (χ3v) is 3.25. The molecule has 0 radical (unpaired) electrons. The van der Waals surface area contributed by atoms with E-state index in [1.165, 1.54) is 23.1 Å². The van der Waals surface area contributed by atoms with E-state index in [0.717, 1.165) is 18.1 Å². The summed E-state index contributed by atoms with van der Waals surface area (Å²) < 4.78 is 0.686. The zero-order chi connectivity index (χ0) is 10.4. The lowest BCUT2D eigenvalue weighted by atomic mass is 10.5. The molecule has 0 saturated heterocycles. The molecular weight excluding hydrogens is 222 g/mol. The number of thioether (sulfide) groups is 1. The molecule has 0 fully saturated rings. The van der Waals surface area contributed by atoms with Gasteiger partial charge in [0.1, 0.15) is 0 Å². The van der Waals surface area contributed by atoms with Gasteiger partial charge in [0.2, 0.25) is 5.13 Å². The summed E-state index contributed by atoms with van der Waals surface area (Å²) in [5.74, 6) is -0.809. The average Bonchev–Trinajstić information content (AvgIpc) is 2.59. The monoisotopic (exact) mass is 233 g/mol. The van der Waals surface area contributed by atoms with Crippen molar-refractivity contribution in [3.63, 3.8) is 0 Å². The van der Waals surface area contributed by atoms with E-state index < -0.39 is 5.97 Å². The van der Waals surface area contributed by atoms with Gasteiger partial charge in [0.15, 0.2) is 4.34 Å². The molecule has 0 aliphatic rings. The Bertz CT molecular complexity index is 303. The van der Waals surface area contributed by atoms with Gasteiger partial charge in [0, 0.05) is 6.54 Å². The van der Waals surface area contributed by atoms with Gasteiger partial charge in [-0.3, -0.25) is 4.79 Å². The van der Waals surface area contributed by atoms with Gasteiger partial charge in [-0.1, -0.05) is 30.0 Å². The van der Waals surface area contributed by atoms with E-state index in [2.05, 4.69) is 22.4 Å². The zero-order valence-electron chi connectivity index (χ0n) is 7.69. The Morgan fingerprint density at radius 3 is 3.07 bits per heavy atom. The highest BCUT2D eigenvalue weighted by Gasteiger charge is 2.05. The summed E-state index contributed by atoms with van der Waals surface area (Å²) in [4.78, 5) is 10.3. The van der Waals surface area contributed by atoms with Crippen LogP contribution in [0.1, 0.15) is 13.3 Å². The largest absolute Gasteiger partial charge is 0.481 e. The van der Waals surface area contributed by atoms with Crippen LogP contribution in [0.5, 0.6) is 0 Å². The molecule has 0 atom stereocenters. The highest BCUT2D eigenvalue weighted by atomic mass is 32.2.